The first-order chi connectivity index (χ1) is 6.91. The van der Waals surface area contributed by atoms with E-state index in [2.05, 4.69) is 21.0 Å². The highest BCUT2D eigenvalue weighted by atomic mass is 79.9. The lowest BCUT2D eigenvalue weighted by atomic mass is 10.2. The second-order valence-electron chi connectivity index (χ2n) is 3.92. The summed E-state index contributed by atoms with van der Waals surface area (Å²) in [7, 11) is 5.64. The van der Waals surface area contributed by atoms with Crippen molar-refractivity contribution in [2.45, 2.75) is 13.3 Å². The molecular formula is C10H16BrN3O. The number of hydrogen-bond donors (Lipinski definition) is 0. The van der Waals surface area contributed by atoms with Crippen molar-refractivity contribution < 1.29 is 4.79 Å². The van der Waals surface area contributed by atoms with Gasteiger partial charge in [0.25, 0.3) is 0 Å². The van der Waals surface area contributed by atoms with Gasteiger partial charge in [-0.2, -0.15) is 5.10 Å². The van der Waals surface area contributed by atoms with Crippen LogP contribution in [0.25, 0.3) is 0 Å². The van der Waals surface area contributed by atoms with Crippen molar-refractivity contribution in [1.29, 1.82) is 0 Å². The van der Waals surface area contributed by atoms with Gasteiger partial charge in [-0.3, -0.25) is 9.48 Å². The Labute approximate surface area is 98.4 Å². The standard InChI is InChI=1S/C10H16BrN3O/c1-7-10(11)9(14(4)12-7)5-8(15)6-13(2)3/h5-6H2,1-4H3. The van der Waals surface area contributed by atoms with Gasteiger partial charge in [0, 0.05) is 7.05 Å². The molecule has 0 aliphatic rings. The largest absolute Gasteiger partial charge is 0.302 e. The number of carbonyl (C=O) groups is 1. The monoisotopic (exact) mass is 273 g/mol. The third-order valence-electron chi connectivity index (χ3n) is 2.12. The van der Waals surface area contributed by atoms with E-state index in [0.717, 1.165) is 15.9 Å². The summed E-state index contributed by atoms with van der Waals surface area (Å²) in [5, 5.41) is 4.25. The molecule has 0 fully saturated rings. The van der Waals surface area contributed by atoms with Gasteiger partial charge in [-0.1, -0.05) is 0 Å². The summed E-state index contributed by atoms with van der Waals surface area (Å²) in [5.41, 5.74) is 1.87. The molecule has 0 aliphatic heterocycles. The summed E-state index contributed by atoms with van der Waals surface area (Å²) in [6.07, 6.45) is 0.427. The van der Waals surface area contributed by atoms with Crippen LogP contribution in [0.15, 0.2) is 4.47 Å². The van der Waals surface area contributed by atoms with E-state index >= 15 is 0 Å². The average molecular weight is 274 g/mol. The number of aromatic nitrogens is 2. The van der Waals surface area contributed by atoms with Gasteiger partial charge in [-0.25, -0.2) is 0 Å². The molecule has 0 bridgehead atoms. The molecule has 0 amide bonds. The molecule has 0 radical (unpaired) electrons. The third kappa shape index (κ3) is 3.14. The maximum Gasteiger partial charge on any atom is 0.152 e. The Morgan fingerprint density at radius 1 is 1.53 bits per heavy atom. The van der Waals surface area contributed by atoms with Crippen LogP contribution in [0.5, 0.6) is 0 Å². The molecule has 0 saturated carbocycles. The lowest BCUT2D eigenvalue weighted by Gasteiger charge is -2.08. The zero-order valence-electron chi connectivity index (χ0n) is 9.54. The lowest BCUT2D eigenvalue weighted by Crippen LogP contribution is -2.23. The van der Waals surface area contributed by atoms with E-state index in [1.54, 1.807) is 4.68 Å². The fraction of sp³-hybridized carbons (Fsp3) is 0.600. The van der Waals surface area contributed by atoms with Crippen LogP contribution in [-0.4, -0.2) is 41.1 Å². The van der Waals surface area contributed by atoms with Crippen LogP contribution >= 0.6 is 15.9 Å². The number of halogens is 1. The molecule has 1 aromatic rings. The smallest absolute Gasteiger partial charge is 0.152 e. The number of rotatable bonds is 4. The van der Waals surface area contributed by atoms with Crippen molar-refractivity contribution >= 4 is 21.7 Å². The Bertz CT molecular complexity index is 371. The van der Waals surface area contributed by atoms with Crippen LogP contribution in [0, 0.1) is 6.92 Å². The molecule has 1 aromatic heterocycles. The van der Waals surface area contributed by atoms with Crippen molar-refractivity contribution in [3.8, 4) is 0 Å². The normalized spacial score (nSPS) is 11.1. The quantitative estimate of drug-likeness (QED) is 0.827. The highest BCUT2D eigenvalue weighted by molar-refractivity contribution is 9.10. The molecule has 4 nitrogen and oxygen atoms in total. The van der Waals surface area contributed by atoms with E-state index in [4.69, 9.17) is 0 Å². The van der Waals surface area contributed by atoms with Crippen molar-refractivity contribution in [2.75, 3.05) is 20.6 Å². The maximum atomic E-state index is 11.6. The second-order valence-corrected chi connectivity index (χ2v) is 4.72. The SMILES string of the molecule is Cc1nn(C)c(CC(=O)CN(C)C)c1Br. The zero-order valence-corrected chi connectivity index (χ0v) is 11.1. The molecule has 0 saturated heterocycles. The molecule has 1 rings (SSSR count). The van der Waals surface area contributed by atoms with E-state index in [0.29, 0.717) is 13.0 Å². The summed E-state index contributed by atoms with van der Waals surface area (Å²) >= 11 is 3.45. The van der Waals surface area contributed by atoms with Gasteiger partial charge >= 0.3 is 0 Å². The van der Waals surface area contributed by atoms with Crippen molar-refractivity contribution in [2.24, 2.45) is 7.05 Å². The van der Waals surface area contributed by atoms with Crippen LogP contribution in [0.4, 0.5) is 0 Å². The van der Waals surface area contributed by atoms with E-state index in [-0.39, 0.29) is 5.78 Å². The second kappa shape index (κ2) is 4.90. The van der Waals surface area contributed by atoms with Gasteiger partial charge in [0.15, 0.2) is 5.78 Å². The molecule has 0 N–H and O–H groups in total. The summed E-state index contributed by atoms with van der Waals surface area (Å²) in [4.78, 5) is 13.5. The number of ketones is 1. The molecule has 0 spiro atoms. The molecular weight excluding hydrogens is 258 g/mol. The van der Waals surface area contributed by atoms with E-state index in [1.165, 1.54) is 0 Å². The van der Waals surface area contributed by atoms with Crippen LogP contribution in [0.1, 0.15) is 11.4 Å². The fourth-order valence-electron chi connectivity index (χ4n) is 1.47. The summed E-state index contributed by atoms with van der Waals surface area (Å²) in [6, 6.07) is 0. The number of likely N-dealkylation sites (N-methyl/N-ethyl adjacent to an activating group) is 1. The Kier molecular flexibility index (Phi) is 4.04. The molecule has 0 aromatic carbocycles. The molecule has 0 atom stereocenters. The summed E-state index contributed by atoms with van der Waals surface area (Å²) in [6.45, 7) is 2.39. The minimum atomic E-state index is 0.198. The van der Waals surface area contributed by atoms with Gasteiger partial charge in [0.1, 0.15) is 0 Å². The molecule has 0 aliphatic carbocycles. The fourth-order valence-corrected chi connectivity index (χ4v) is 1.94. The number of Topliss-reactive ketones (excluding diaryl/α,β-unsaturated/α-hetero) is 1. The Morgan fingerprint density at radius 2 is 2.13 bits per heavy atom. The number of hydrogen-bond acceptors (Lipinski definition) is 3. The Hall–Kier alpha value is -0.680. The molecule has 1 heterocycles. The molecule has 15 heavy (non-hydrogen) atoms. The number of carbonyl (C=O) groups excluding carboxylic acids is 1. The average Bonchev–Trinajstić information content (AvgIpc) is 2.31. The topological polar surface area (TPSA) is 38.1 Å². The van der Waals surface area contributed by atoms with Crippen LogP contribution in [0.2, 0.25) is 0 Å². The molecule has 5 heteroatoms. The highest BCUT2D eigenvalue weighted by Crippen LogP contribution is 2.20. The third-order valence-corrected chi connectivity index (χ3v) is 3.15. The number of aryl methyl sites for hydroxylation is 2. The Morgan fingerprint density at radius 3 is 2.53 bits per heavy atom. The van der Waals surface area contributed by atoms with Crippen LogP contribution in [-0.2, 0) is 18.3 Å². The first-order valence-corrected chi connectivity index (χ1v) is 5.55. The van der Waals surface area contributed by atoms with Crippen LogP contribution < -0.4 is 0 Å². The Balaban J connectivity index is 2.76. The first-order valence-electron chi connectivity index (χ1n) is 4.76. The van der Waals surface area contributed by atoms with Gasteiger partial charge < -0.3 is 4.90 Å². The predicted molar refractivity (Wildman–Crippen MR) is 62.9 cm³/mol. The maximum absolute atomic E-state index is 11.6. The van der Waals surface area contributed by atoms with E-state index < -0.39 is 0 Å². The highest BCUT2D eigenvalue weighted by Gasteiger charge is 2.14. The van der Waals surface area contributed by atoms with E-state index in [9.17, 15) is 4.79 Å². The molecule has 0 unspecified atom stereocenters. The van der Waals surface area contributed by atoms with Crippen molar-refractivity contribution in [3.63, 3.8) is 0 Å². The molecule has 84 valence electrons. The van der Waals surface area contributed by atoms with Crippen molar-refractivity contribution in [3.05, 3.63) is 15.9 Å². The first kappa shape index (κ1) is 12.4. The van der Waals surface area contributed by atoms with Crippen LogP contribution in [0.3, 0.4) is 0 Å². The number of nitrogens with zero attached hydrogens (tertiary/aromatic N) is 3. The minimum Gasteiger partial charge on any atom is -0.302 e. The summed E-state index contributed by atoms with van der Waals surface area (Å²) < 4.78 is 2.70. The van der Waals surface area contributed by atoms with Crippen molar-refractivity contribution in [1.82, 2.24) is 14.7 Å². The lowest BCUT2D eigenvalue weighted by molar-refractivity contribution is -0.119. The van der Waals surface area contributed by atoms with Gasteiger partial charge in [0.2, 0.25) is 0 Å². The zero-order chi connectivity index (χ0) is 11.6. The van der Waals surface area contributed by atoms with E-state index in [1.807, 2.05) is 33.0 Å². The van der Waals surface area contributed by atoms with Gasteiger partial charge in [-0.15, -0.1) is 0 Å². The predicted octanol–water partition coefficient (Wildman–Crippen LogP) is 1.16. The minimum absolute atomic E-state index is 0.198. The van der Waals surface area contributed by atoms with Gasteiger partial charge in [-0.05, 0) is 36.9 Å². The summed E-state index contributed by atoms with van der Waals surface area (Å²) in [5.74, 6) is 0.198. The van der Waals surface area contributed by atoms with Gasteiger partial charge in [0.05, 0.1) is 28.8 Å².